The van der Waals surface area contributed by atoms with Crippen LogP contribution >= 0.6 is 0 Å². The van der Waals surface area contributed by atoms with Gasteiger partial charge in [-0.2, -0.15) is 8.78 Å². The summed E-state index contributed by atoms with van der Waals surface area (Å²) in [5, 5.41) is 3.00. The van der Waals surface area contributed by atoms with E-state index in [1.807, 2.05) is 0 Å². The molecule has 22 heavy (non-hydrogen) atoms. The average Bonchev–Trinajstić information content (AvgIpc) is 2.45. The van der Waals surface area contributed by atoms with E-state index in [4.69, 9.17) is 10.5 Å². The zero-order chi connectivity index (χ0) is 16.5. The lowest BCUT2D eigenvalue weighted by atomic mass is 10.2. The summed E-state index contributed by atoms with van der Waals surface area (Å²) in [6.07, 6.45) is 0. The second-order valence-corrected chi connectivity index (χ2v) is 5.07. The molecule has 1 rings (SSSR count). The Bertz CT molecular complexity index is 494. The minimum absolute atomic E-state index is 0.00971. The third kappa shape index (κ3) is 6.60. The van der Waals surface area contributed by atoms with E-state index in [-0.39, 0.29) is 11.5 Å². The second-order valence-electron chi connectivity index (χ2n) is 5.07. The largest absolute Gasteiger partial charge is 0.490 e. The third-order valence-electron chi connectivity index (χ3n) is 2.65. The Morgan fingerprint density at radius 3 is 2.64 bits per heavy atom. The van der Waals surface area contributed by atoms with Crippen molar-refractivity contribution < 1.29 is 18.3 Å². The number of hydrogen-bond donors (Lipinski definition) is 2. The van der Waals surface area contributed by atoms with Gasteiger partial charge >= 0.3 is 6.61 Å². The lowest BCUT2D eigenvalue weighted by Gasteiger charge is -2.12. The van der Waals surface area contributed by atoms with Crippen LogP contribution in [0.25, 0.3) is 0 Å². The first-order valence-corrected chi connectivity index (χ1v) is 7.16. The van der Waals surface area contributed by atoms with Crippen molar-refractivity contribution >= 4 is 5.96 Å². The Balaban J connectivity index is 2.75. The maximum absolute atomic E-state index is 12.3. The lowest BCUT2D eigenvalue weighted by molar-refractivity contribution is -0.0514. The fraction of sp³-hybridized carbons (Fsp3) is 0.533. The summed E-state index contributed by atoms with van der Waals surface area (Å²) < 4.78 is 34.4. The number of ether oxygens (including phenoxy) is 2. The standard InChI is InChI=1S/C15H23F2N3O2/c1-4-21-13-7-11(5-6-12(13)22-14(16)17)9-20-15(18)19-8-10(2)3/h5-7,10,14H,4,8-9H2,1-3H3,(H3,18,19,20). The highest BCUT2D eigenvalue weighted by molar-refractivity contribution is 5.77. The molecule has 0 amide bonds. The van der Waals surface area contributed by atoms with Crippen LogP contribution in [-0.4, -0.2) is 25.7 Å². The Labute approximate surface area is 129 Å². The highest BCUT2D eigenvalue weighted by Gasteiger charge is 2.11. The van der Waals surface area contributed by atoms with Crippen LogP contribution < -0.4 is 20.5 Å². The van der Waals surface area contributed by atoms with Gasteiger partial charge in [-0.05, 0) is 30.5 Å². The van der Waals surface area contributed by atoms with E-state index in [1.54, 1.807) is 19.1 Å². The second kappa shape index (κ2) is 9.07. The zero-order valence-corrected chi connectivity index (χ0v) is 13.1. The molecule has 0 aromatic heterocycles. The molecule has 0 unspecified atom stereocenters. The van der Waals surface area contributed by atoms with Gasteiger partial charge in [-0.3, -0.25) is 0 Å². The first-order chi connectivity index (χ1) is 10.4. The van der Waals surface area contributed by atoms with E-state index in [1.165, 1.54) is 6.07 Å². The molecule has 0 aliphatic heterocycles. The molecular weight excluding hydrogens is 292 g/mol. The summed E-state index contributed by atoms with van der Waals surface area (Å²) in [5.41, 5.74) is 6.54. The van der Waals surface area contributed by atoms with Crippen LogP contribution in [0.4, 0.5) is 8.78 Å². The molecule has 0 heterocycles. The van der Waals surface area contributed by atoms with Gasteiger partial charge in [-0.1, -0.05) is 19.9 Å². The summed E-state index contributed by atoms with van der Waals surface area (Å²) >= 11 is 0. The fourth-order valence-electron chi connectivity index (χ4n) is 1.65. The van der Waals surface area contributed by atoms with Crippen LogP contribution in [0, 0.1) is 5.92 Å². The van der Waals surface area contributed by atoms with Crippen molar-refractivity contribution in [1.29, 1.82) is 0 Å². The quantitative estimate of drug-likeness (QED) is 0.572. The van der Waals surface area contributed by atoms with E-state index in [2.05, 4.69) is 28.9 Å². The number of guanidine groups is 1. The number of alkyl halides is 2. The van der Waals surface area contributed by atoms with Gasteiger partial charge in [-0.25, -0.2) is 4.99 Å². The van der Waals surface area contributed by atoms with Crippen molar-refractivity contribution in [3.05, 3.63) is 23.8 Å². The summed E-state index contributed by atoms with van der Waals surface area (Å²) in [6.45, 7) is 4.42. The summed E-state index contributed by atoms with van der Waals surface area (Å²) in [4.78, 5) is 4.20. The Kier molecular flexibility index (Phi) is 7.42. The van der Waals surface area contributed by atoms with E-state index in [0.717, 1.165) is 12.1 Å². The Hall–Kier alpha value is -2.05. The van der Waals surface area contributed by atoms with Gasteiger partial charge in [0.25, 0.3) is 0 Å². The molecule has 3 N–H and O–H groups in total. The number of nitrogens with zero attached hydrogens (tertiary/aromatic N) is 1. The maximum Gasteiger partial charge on any atom is 0.387 e. The van der Waals surface area contributed by atoms with Crippen LogP contribution in [0.5, 0.6) is 11.5 Å². The maximum atomic E-state index is 12.3. The lowest BCUT2D eigenvalue weighted by Crippen LogP contribution is -2.34. The number of aliphatic imine (C=N–C) groups is 1. The molecule has 0 aliphatic carbocycles. The molecule has 1 aromatic carbocycles. The highest BCUT2D eigenvalue weighted by Crippen LogP contribution is 2.30. The Morgan fingerprint density at radius 1 is 1.32 bits per heavy atom. The number of hydrogen-bond acceptors (Lipinski definition) is 3. The first-order valence-electron chi connectivity index (χ1n) is 7.16. The van der Waals surface area contributed by atoms with Gasteiger partial charge in [0.1, 0.15) is 0 Å². The van der Waals surface area contributed by atoms with Gasteiger partial charge in [-0.15, -0.1) is 0 Å². The van der Waals surface area contributed by atoms with Crippen molar-refractivity contribution in [3.63, 3.8) is 0 Å². The monoisotopic (exact) mass is 315 g/mol. The fourth-order valence-corrected chi connectivity index (χ4v) is 1.65. The van der Waals surface area contributed by atoms with Crippen molar-refractivity contribution in [2.45, 2.75) is 33.9 Å². The molecule has 0 atom stereocenters. The number of nitrogens with one attached hydrogen (secondary N) is 1. The van der Waals surface area contributed by atoms with Crippen LogP contribution in [-0.2, 0) is 6.54 Å². The molecule has 124 valence electrons. The molecule has 0 spiro atoms. The summed E-state index contributed by atoms with van der Waals surface area (Å²) in [6, 6.07) is 4.72. The van der Waals surface area contributed by atoms with Crippen molar-refractivity contribution in [3.8, 4) is 11.5 Å². The normalized spacial score (nSPS) is 11.9. The van der Waals surface area contributed by atoms with Crippen LogP contribution in [0.1, 0.15) is 26.3 Å². The molecule has 0 fully saturated rings. The number of rotatable bonds is 8. The van der Waals surface area contributed by atoms with Crippen LogP contribution in [0.15, 0.2) is 23.2 Å². The smallest absolute Gasteiger partial charge is 0.387 e. The van der Waals surface area contributed by atoms with Crippen molar-refractivity contribution in [2.75, 3.05) is 13.2 Å². The molecule has 0 saturated heterocycles. The molecule has 0 saturated carbocycles. The summed E-state index contributed by atoms with van der Waals surface area (Å²) in [5.74, 6) is 1.09. The summed E-state index contributed by atoms with van der Waals surface area (Å²) in [7, 11) is 0. The van der Waals surface area contributed by atoms with Gasteiger partial charge in [0, 0.05) is 6.54 Å². The molecule has 7 heteroatoms. The molecule has 0 aliphatic rings. The topological polar surface area (TPSA) is 68.9 Å². The van der Waals surface area contributed by atoms with E-state index >= 15 is 0 Å². The van der Waals surface area contributed by atoms with Gasteiger partial charge in [0.2, 0.25) is 0 Å². The minimum atomic E-state index is -2.89. The van der Waals surface area contributed by atoms with Gasteiger partial charge in [0.05, 0.1) is 13.2 Å². The van der Waals surface area contributed by atoms with Gasteiger partial charge < -0.3 is 20.5 Å². The molecule has 5 nitrogen and oxygen atoms in total. The minimum Gasteiger partial charge on any atom is -0.490 e. The van der Waals surface area contributed by atoms with E-state index < -0.39 is 6.61 Å². The van der Waals surface area contributed by atoms with Crippen LogP contribution in [0.3, 0.4) is 0 Å². The predicted molar refractivity (Wildman–Crippen MR) is 82.4 cm³/mol. The first kappa shape index (κ1) is 18.0. The van der Waals surface area contributed by atoms with Crippen molar-refractivity contribution in [1.82, 2.24) is 5.32 Å². The molecular formula is C15H23F2N3O2. The zero-order valence-electron chi connectivity index (χ0n) is 13.1. The SMILES string of the molecule is CCOc1cc(CN=C(N)NCC(C)C)ccc1OC(F)F. The number of halogens is 2. The number of benzene rings is 1. The van der Waals surface area contributed by atoms with E-state index in [0.29, 0.717) is 25.0 Å². The predicted octanol–water partition coefficient (Wildman–Crippen LogP) is 2.75. The Morgan fingerprint density at radius 2 is 2.05 bits per heavy atom. The van der Waals surface area contributed by atoms with Gasteiger partial charge in [0.15, 0.2) is 17.5 Å². The molecule has 0 radical (unpaired) electrons. The van der Waals surface area contributed by atoms with E-state index in [9.17, 15) is 8.78 Å². The molecule has 1 aromatic rings. The number of nitrogens with two attached hydrogens (primary N) is 1. The molecule has 0 bridgehead atoms. The van der Waals surface area contributed by atoms with Crippen LogP contribution in [0.2, 0.25) is 0 Å². The highest BCUT2D eigenvalue weighted by atomic mass is 19.3. The average molecular weight is 315 g/mol. The third-order valence-corrected chi connectivity index (χ3v) is 2.65. The van der Waals surface area contributed by atoms with Crippen molar-refractivity contribution in [2.24, 2.45) is 16.6 Å².